The van der Waals surface area contributed by atoms with Crippen LogP contribution in [0.1, 0.15) is 34.5 Å². The molecule has 0 saturated heterocycles. The first kappa shape index (κ1) is 19.0. The van der Waals surface area contributed by atoms with Gasteiger partial charge in [-0.1, -0.05) is 23.8 Å². The molecule has 0 spiro atoms. The summed E-state index contributed by atoms with van der Waals surface area (Å²) in [5.74, 6) is 0.215. The Kier molecular flexibility index (Phi) is 6.58. The summed E-state index contributed by atoms with van der Waals surface area (Å²) in [6, 6.07) is 12.7. The fourth-order valence-electron chi connectivity index (χ4n) is 2.38. The molecule has 2 aromatic rings. The molecule has 0 aromatic heterocycles. The Labute approximate surface area is 155 Å². The lowest BCUT2D eigenvalue weighted by molar-refractivity contribution is -0.120. The average molecular weight is 405 g/mol. The average Bonchev–Trinajstić information content (AvgIpc) is 2.59. The summed E-state index contributed by atoms with van der Waals surface area (Å²) in [6.45, 7) is 3.72. The Morgan fingerprint density at radius 3 is 2.60 bits per heavy atom. The molecule has 2 rings (SSSR count). The fourth-order valence-corrected chi connectivity index (χ4v) is 2.94. The zero-order chi connectivity index (χ0) is 18.4. The van der Waals surface area contributed by atoms with Gasteiger partial charge in [0.25, 0.3) is 5.91 Å². The normalized spacial score (nSPS) is 11.5. The van der Waals surface area contributed by atoms with Gasteiger partial charge in [-0.25, -0.2) is 0 Å². The van der Waals surface area contributed by atoms with Gasteiger partial charge in [0.2, 0.25) is 5.91 Å². The van der Waals surface area contributed by atoms with E-state index in [-0.39, 0.29) is 24.4 Å². The van der Waals surface area contributed by atoms with Gasteiger partial charge in [-0.3, -0.25) is 9.59 Å². The first-order valence-electron chi connectivity index (χ1n) is 7.88. The number of carbonyl (C=O) groups is 2. The summed E-state index contributed by atoms with van der Waals surface area (Å²) in [7, 11) is 1.60. The van der Waals surface area contributed by atoms with Crippen molar-refractivity contribution in [2.24, 2.45) is 0 Å². The summed E-state index contributed by atoms with van der Waals surface area (Å²) in [5.41, 5.74) is 2.47. The van der Waals surface area contributed by atoms with Gasteiger partial charge in [-0.05, 0) is 59.6 Å². The molecule has 0 heterocycles. The van der Waals surface area contributed by atoms with Crippen molar-refractivity contribution in [2.75, 3.05) is 13.7 Å². The van der Waals surface area contributed by atoms with Crippen LogP contribution in [0.5, 0.6) is 5.75 Å². The number of hydrogen-bond acceptors (Lipinski definition) is 3. The second kappa shape index (κ2) is 8.67. The second-order valence-corrected chi connectivity index (χ2v) is 6.59. The highest BCUT2D eigenvalue weighted by molar-refractivity contribution is 9.10. The molecule has 132 valence electrons. The van der Waals surface area contributed by atoms with Crippen LogP contribution in [0.2, 0.25) is 0 Å². The SMILES string of the molecule is COc1ccc([C@H](C)NC(=O)CNC(=O)c2cccc(C)c2)cc1Br. The van der Waals surface area contributed by atoms with Crippen molar-refractivity contribution in [1.29, 1.82) is 0 Å². The lowest BCUT2D eigenvalue weighted by Crippen LogP contribution is -2.38. The van der Waals surface area contributed by atoms with Crippen LogP contribution in [-0.4, -0.2) is 25.5 Å². The van der Waals surface area contributed by atoms with Crippen LogP contribution in [0.4, 0.5) is 0 Å². The maximum atomic E-state index is 12.1. The van der Waals surface area contributed by atoms with Gasteiger partial charge in [0.1, 0.15) is 5.75 Å². The number of nitrogens with one attached hydrogen (secondary N) is 2. The number of amides is 2. The first-order valence-corrected chi connectivity index (χ1v) is 8.67. The van der Waals surface area contributed by atoms with Crippen molar-refractivity contribution in [2.45, 2.75) is 19.9 Å². The largest absolute Gasteiger partial charge is 0.496 e. The number of carbonyl (C=O) groups excluding carboxylic acids is 2. The molecule has 0 aliphatic carbocycles. The minimum absolute atomic E-state index is 0.0750. The van der Waals surface area contributed by atoms with E-state index in [2.05, 4.69) is 26.6 Å². The van der Waals surface area contributed by atoms with Gasteiger partial charge in [-0.2, -0.15) is 0 Å². The Morgan fingerprint density at radius 2 is 1.96 bits per heavy atom. The van der Waals surface area contributed by atoms with Gasteiger partial charge < -0.3 is 15.4 Å². The van der Waals surface area contributed by atoms with Crippen molar-refractivity contribution >= 4 is 27.7 Å². The van der Waals surface area contributed by atoms with Crippen LogP contribution in [0.15, 0.2) is 46.9 Å². The lowest BCUT2D eigenvalue weighted by Gasteiger charge is -2.16. The number of benzene rings is 2. The van der Waals surface area contributed by atoms with Gasteiger partial charge >= 0.3 is 0 Å². The zero-order valence-electron chi connectivity index (χ0n) is 14.4. The van der Waals surface area contributed by atoms with Crippen molar-refractivity contribution < 1.29 is 14.3 Å². The molecule has 6 heteroatoms. The molecule has 0 aliphatic heterocycles. The standard InChI is InChI=1S/C19H21BrN2O3/c1-12-5-4-6-15(9-12)19(24)21-11-18(23)22-13(2)14-7-8-17(25-3)16(20)10-14/h4-10,13H,11H2,1-3H3,(H,21,24)(H,22,23)/t13-/m0/s1. The third-order valence-corrected chi connectivity index (χ3v) is 4.36. The maximum absolute atomic E-state index is 12.1. The molecule has 0 radical (unpaired) electrons. The molecule has 25 heavy (non-hydrogen) atoms. The number of aryl methyl sites for hydroxylation is 1. The molecule has 0 unspecified atom stereocenters. The molecule has 5 nitrogen and oxygen atoms in total. The van der Waals surface area contributed by atoms with Crippen molar-refractivity contribution in [3.63, 3.8) is 0 Å². The smallest absolute Gasteiger partial charge is 0.251 e. The van der Waals surface area contributed by atoms with Gasteiger partial charge in [0.05, 0.1) is 24.2 Å². The molecule has 2 N–H and O–H groups in total. The molecule has 0 aliphatic rings. The van der Waals surface area contributed by atoms with Crippen LogP contribution in [0.3, 0.4) is 0 Å². The van der Waals surface area contributed by atoms with Crippen LogP contribution < -0.4 is 15.4 Å². The van der Waals surface area contributed by atoms with E-state index in [0.29, 0.717) is 5.56 Å². The molecule has 0 fully saturated rings. The van der Waals surface area contributed by atoms with E-state index in [1.807, 2.05) is 44.2 Å². The topological polar surface area (TPSA) is 67.4 Å². The van der Waals surface area contributed by atoms with Gasteiger partial charge in [-0.15, -0.1) is 0 Å². The van der Waals surface area contributed by atoms with Crippen LogP contribution in [-0.2, 0) is 4.79 Å². The summed E-state index contributed by atoms with van der Waals surface area (Å²) in [4.78, 5) is 24.1. The summed E-state index contributed by atoms with van der Waals surface area (Å²) in [5, 5.41) is 5.50. The van der Waals surface area contributed by atoms with Crippen LogP contribution in [0.25, 0.3) is 0 Å². The summed E-state index contributed by atoms with van der Waals surface area (Å²) >= 11 is 3.43. The third kappa shape index (κ3) is 5.32. The molecule has 0 saturated carbocycles. The van der Waals surface area contributed by atoms with Gasteiger partial charge in [0.15, 0.2) is 0 Å². The molecule has 2 aromatic carbocycles. The molecular weight excluding hydrogens is 384 g/mol. The Balaban J connectivity index is 1.89. The van der Waals surface area contributed by atoms with E-state index < -0.39 is 0 Å². The fraction of sp³-hybridized carbons (Fsp3) is 0.263. The highest BCUT2D eigenvalue weighted by Gasteiger charge is 2.13. The number of rotatable bonds is 6. The summed E-state index contributed by atoms with van der Waals surface area (Å²) in [6.07, 6.45) is 0. The minimum Gasteiger partial charge on any atom is -0.496 e. The highest BCUT2D eigenvalue weighted by atomic mass is 79.9. The third-order valence-electron chi connectivity index (χ3n) is 3.74. The van der Waals surface area contributed by atoms with E-state index in [0.717, 1.165) is 21.3 Å². The Morgan fingerprint density at radius 1 is 1.20 bits per heavy atom. The van der Waals surface area contributed by atoms with E-state index in [9.17, 15) is 9.59 Å². The lowest BCUT2D eigenvalue weighted by atomic mass is 10.1. The van der Waals surface area contributed by atoms with E-state index in [1.54, 1.807) is 19.2 Å². The number of methoxy groups -OCH3 is 1. The molecular formula is C19H21BrN2O3. The maximum Gasteiger partial charge on any atom is 0.251 e. The number of hydrogen-bond donors (Lipinski definition) is 2. The van der Waals surface area contributed by atoms with Gasteiger partial charge in [0, 0.05) is 5.56 Å². The number of halogens is 1. The predicted octanol–water partition coefficient (Wildman–Crippen LogP) is 3.37. The molecule has 1 atom stereocenters. The highest BCUT2D eigenvalue weighted by Crippen LogP contribution is 2.27. The first-order chi connectivity index (χ1) is 11.9. The Hall–Kier alpha value is -2.34. The zero-order valence-corrected chi connectivity index (χ0v) is 16.0. The predicted molar refractivity (Wildman–Crippen MR) is 101 cm³/mol. The molecule has 2 amide bonds. The van der Waals surface area contributed by atoms with E-state index in [4.69, 9.17) is 4.74 Å². The van der Waals surface area contributed by atoms with Crippen molar-refractivity contribution in [1.82, 2.24) is 10.6 Å². The van der Waals surface area contributed by atoms with Crippen molar-refractivity contribution in [3.05, 3.63) is 63.6 Å². The second-order valence-electron chi connectivity index (χ2n) is 5.74. The Bertz CT molecular complexity index is 777. The van der Waals surface area contributed by atoms with Crippen LogP contribution >= 0.6 is 15.9 Å². The van der Waals surface area contributed by atoms with E-state index in [1.165, 1.54) is 0 Å². The van der Waals surface area contributed by atoms with Crippen LogP contribution in [0, 0.1) is 6.92 Å². The quantitative estimate of drug-likeness (QED) is 0.775. The van der Waals surface area contributed by atoms with E-state index >= 15 is 0 Å². The monoisotopic (exact) mass is 404 g/mol. The van der Waals surface area contributed by atoms with Crippen molar-refractivity contribution in [3.8, 4) is 5.75 Å². The number of ether oxygens (including phenoxy) is 1. The molecule has 0 bridgehead atoms. The summed E-state index contributed by atoms with van der Waals surface area (Å²) < 4.78 is 6.02. The minimum atomic E-state index is -0.265.